The van der Waals surface area contributed by atoms with E-state index in [-0.39, 0.29) is 0 Å². The van der Waals surface area contributed by atoms with Crippen LogP contribution in [-0.4, -0.2) is 61.5 Å². The van der Waals surface area contributed by atoms with E-state index in [0.717, 1.165) is 52.2 Å². The Bertz CT molecular complexity index is 221. The van der Waals surface area contributed by atoms with Gasteiger partial charge in [-0.25, -0.2) is 0 Å². The lowest BCUT2D eigenvalue weighted by atomic mass is 10.2. The van der Waals surface area contributed by atoms with Crippen molar-refractivity contribution in [3.05, 3.63) is 0 Å². The number of amides is 1. The van der Waals surface area contributed by atoms with Crippen LogP contribution in [0.1, 0.15) is 39.5 Å². The summed E-state index contributed by atoms with van der Waals surface area (Å²) >= 11 is 0. The van der Waals surface area contributed by atoms with Gasteiger partial charge in [0.1, 0.15) is 0 Å². The zero-order valence-corrected chi connectivity index (χ0v) is 12.1. The number of rotatable bonds is 8. The molecule has 106 valence electrons. The minimum atomic E-state index is 0.337. The van der Waals surface area contributed by atoms with Crippen LogP contribution in [0, 0.1) is 0 Å². The molecule has 0 bridgehead atoms. The topological polar surface area (TPSA) is 35.6 Å². The minimum Gasteiger partial charge on any atom is -0.340 e. The predicted octanol–water partition coefficient (Wildman–Crippen LogP) is 1.32. The van der Waals surface area contributed by atoms with Gasteiger partial charge in [-0.3, -0.25) is 4.79 Å². The Morgan fingerprint density at radius 3 is 2.28 bits per heavy atom. The molecule has 1 aliphatic heterocycles. The van der Waals surface area contributed by atoms with E-state index in [4.69, 9.17) is 0 Å². The third-order valence-electron chi connectivity index (χ3n) is 3.41. The van der Waals surface area contributed by atoms with Crippen molar-refractivity contribution in [3.63, 3.8) is 0 Å². The highest BCUT2D eigenvalue weighted by molar-refractivity contribution is 5.76. The van der Waals surface area contributed by atoms with Gasteiger partial charge in [-0.1, -0.05) is 13.8 Å². The number of carbonyl (C=O) groups excluding carboxylic acids is 1. The first-order valence-corrected chi connectivity index (χ1v) is 7.48. The molecule has 1 rings (SSSR count). The lowest BCUT2D eigenvalue weighted by molar-refractivity contribution is -0.131. The first-order valence-electron chi connectivity index (χ1n) is 7.48. The fourth-order valence-electron chi connectivity index (χ4n) is 2.49. The molecule has 0 unspecified atom stereocenters. The van der Waals surface area contributed by atoms with E-state index in [0.29, 0.717) is 12.3 Å². The van der Waals surface area contributed by atoms with E-state index in [1.807, 2.05) is 4.90 Å². The van der Waals surface area contributed by atoms with E-state index in [2.05, 4.69) is 24.1 Å². The molecule has 0 aromatic carbocycles. The monoisotopic (exact) mass is 255 g/mol. The summed E-state index contributed by atoms with van der Waals surface area (Å²) in [6.45, 7) is 11.5. The molecule has 1 amide bonds. The summed E-state index contributed by atoms with van der Waals surface area (Å²) in [4.78, 5) is 16.5. The highest BCUT2D eigenvalue weighted by atomic mass is 16.2. The van der Waals surface area contributed by atoms with Crippen molar-refractivity contribution >= 4 is 5.91 Å². The SMILES string of the molecule is CCCN(CCC)CCCC(=O)N1CCNCC1. The molecule has 0 spiro atoms. The average Bonchev–Trinajstić information content (AvgIpc) is 2.40. The van der Waals surface area contributed by atoms with Crippen molar-refractivity contribution in [3.8, 4) is 0 Å². The largest absolute Gasteiger partial charge is 0.340 e. The number of hydrogen-bond donors (Lipinski definition) is 1. The van der Waals surface area contributed by atoms with E-state index in [1.165, 1.54) is 12.8 Å². The van der Waals surface area contributed by atoms with E-state index in [9.17, 15) is 4.79 Å². The van der Waals surface area contributed by atoms with Gasteiger partial charge >= 0.3 is 0 Å². The molecule has 1 heterocycles. The molecule has 1 N–H and O–H groups in total. The summed E-state index contributed by atoms with van der Waals surface area (Å²) in [6.07, 6.45) is 4.12. The maximum atomic E-state index is 12.0. The first kappa shape index (κ1) is 15.4. The Labute approximate surface area is 112 Å². The van der Waals surface area contributed by atoms with E-state index in [1.54, 1.807) is 0 Å². The molecule has 4 nitrogen and oxygen atoms in total. The highest BCUT2D eigenvalue weighted by Crippen LogP contribution is 2.03. The van der Waals surface area contributed by atoms with Crippen molar-refractivity contribution in [2.45, 2.75) is 39.5 Å². The smallest absolute Gasteiger partial charge is 0.222 e. The standard InChI is InChI=1S/C14H29N3O/c1-3-9-16(10-4-2)11-5-6-14(18)17-12-7-15-8-13-17/h15H,3-13H2,1-2H3. The summed E-state index contributed by atoms with van der Waals surface area (Å²) in [5.41, 5.74) is 0. The van der Waals surface area contributed by atoms with Gasteiger partial charge in [0.05, 0.1) is 0 Å². The Hall–Kier alpha value is -0.610. The van der Waals surface area contributed by atoms with Gasteiger partial charge in [0, 0.05) is 32.6 Å². The second kappa shape index (κ2) is 9.34. The van der Waals surface area contributed by atoms with Gasteiger partial charge in [0.25, 0.3) is 0 Å². The molecule has 0 atom stereocenters. The maximum absolute atomic E-state index is 12.0. The maximum Gasteiger partial charge on any atom is 0.222 e. The van der Waals surface area contributed by atoms with Gasteiger partial charge in [0.15, 0.2) is 0 Å². The molecule has 0 aliphatic carbocycles. The third-order valence-corrected chi connectivity index (χ3v) is 3.41. The molecule has 1 aliphatic rings. The van der Waals surface area contributed by atoms with Crippen molar-refractivity contribution < 1.29 is 4.79 Å². The second-order valence-corrected chi connectivity index (χ2v) is 5.08. The van der Waals surface area contributed by atoms with E-state index < -0.39 is 0 Å². The fourth-order valence-corrected chi connectivity index (χ4v) is 2.49. The highest BCUT2D eigenvalue weighted by Gasteiger charge is 2.15. The second-order valence-electron chi connectivity index (χ2n) is 5.08. The Kier molecular flexibility index (Phi) is 8.01. The molecule has 0 aromatic rings. The molecule has 4 heteroatoms. The molecule has 0 saturated carbocycles. The van der Waals surface area contributed by atoms with Crippen LogP contribution in [0.2, 0.25) is 0 Å². The first-order chi connectivity index (χ1) is 8.77. The van der Waals surface area contributed by atoms with Crippen LogP contribution in [0.25, 0.3) is 0 Å². The molecule has 0 aromatic heterocycles. The van der Waals surface area contributed by atoms with Crippen LogP contribution < -0.4 is 5.32 Å². The van der Waals surface area contributed by atoms with Crippen molar-refractivity contribution in [2.24, 2.45) is 0 Å². The summed E-state index contributed by atoms with van der Waals surface area (Å²) in [7, 11) is 0. The van der Waals surface area contributed by atoms with Gasteiger partial charge in [0.2, 0.25) is 5.91 Å². The number of nitrogens with one attached hydrogen (secondary N) is 1. The zero-order chi connectivity index (χ0) is 13.2. The number of piperazine rings is 1. The Balaban J connectivity index is 2.16. The van der Waals surface area contributed by atoms with Gasteiger partial charge < -0.3 is 15.1 Å². The lowest BCUT2D eigenvalue weighted by Crippen LogP contribution is -2.46. The number of nitrogens with zero attached hydrogens (tertiary/aromatic N) is 2. The summed E-state index contributed by atoms with van der Waals surface area (Å²) in [5.74, 6) is 0.337. The Morgan fingerprint density at radius 1 is 1.11 bits per heavy atom. The van der Waals surface area contributed by atoms with Crippen LogP contribution in [0.15, 0.2) is 0 Å². The zero-order valence-electron chi connectivity index (χ0n) is 12.1. The fraction of sp³-hybridized carbons (Fsp3) is 0.929. The minimum absolute atomic E-state index is 0.337. The summed E-state index contributed by atoms with van der Waals surface area (Å²) in [6, 6.07) is 0. The lowest BCUT2D eigenvalue weighted by Gasteiger charge is -2.28. The average molecular weight is 255 g/mol. The molecular weight excluding hydrogens is 226 g/mol. The third kappa shape index (κ3) is 5.83. The molecule has 0 radical (unpaired) electrons. The molecule has 18 heavy (non-hydrogen) atoms. The van der Waals surface area contributed by atoms with Crippen molar-refractivity contribution in [1.82, 2.24) is 15.1 Å². The van der Waals surface area contributed by atoms with Gasteiger partial charge in [-0.15, -0.1) is 0 Å². The molecular formula is C14H29N3O. The van der Waals surface area contributed by atoms with Crippen LogP contribution in [0.5, 0.6) is 0 Å². The van der Waals surface area contributed by atoms with Crippen LogP contribution >= 0.6 is 0 Å². The van der Waals surface area contributed by atoms with Gasteiger partial charge in [-0.05, 0) is 38.9 Å². The molecule has 1 fully saturated rings. The quantitative estimate of drug-likeness (QED) is 0.710. The number of hydrogen-bond acceptors (Lipinski definition) is 3. The number of carbonyl (C=O) groups is 1. The van der Waals surface area contributed by atoms with Crippen LogP contribution in [-0.2, 0) is 4.79 Å². The van der Waals surface area contributed by atoms with Crippen LogP contribution in [0.4, 0.5) is 0 Å². The van der Waals surface area contributed by atoms with Crippen molar-refractivity contribution in [1.29, 1.82) is 0 Å². The summed E-state index contributed by atoms with van der Waals surface area (Å²) < 4.78 is 0. The Morgan fingerprint density at radius 2 is 1.72 bits per heavy atom. The summed E-state index contributed by atoms with van der Waals surface area (Å²) in [5, 5.41) is 3.28. The van der Waals surface area contributed by atoms with Crippen molar-refractivity contribution in [2.75, 3.05) is 45.8 Å². The van der Waals surface area contributed by atoms with Crippen LogP contribution in [0.3, 0.4) is 0 Å². The normalized spacial score (nSPS) is 16.3. The molecule has 1 saturated heterocycles. The van der Waals surface area contributed by atoms with E-state index >= 15 is 0 Å². The predicted molar refractivity (Wildman–Crippen MR) is 75.7 cm³/mol. The van der Waals surface area contributed by atoms with Gasteiger partial charge in [-0.2, -0.15) is 0 Å².